The summed E-state index contributed by atoms with van der Waals surface area (Å²) in [6.07, 6.45) is 3.77. The Morgan fingerprint density at radius 3 is 2.72 bits per heavy atom. The lowest BCUT2D eigenvalue weighted by Crippen LogP contribution is -2.39. The van der Waals surface area contributed by atoms with Crippen LogP contribution in [0.3, 0.4) is 0 Å². The number of anilines is 1. The van der Waals surface area contributed by atoms with Crippen molar-refractivity contribution in [1.82, 2.24) is 15.1 Å². The predicted molar refractivity (Wildman–Crippen MR) is 96.2 cm³/mol. The first-order valence-electron chi connectivity index (χ1n) is 8.75. The summed E-state index contributed by atoms with van der Waals surface area (Å²) in [5, 5.41) is 9.63. The van der Waals surface area contributed by atoms with Crippen molar-refractivity contribution >= 4 is 17.6 Å². The summed E-state index contributed by atoms with van der Waals surface area (Å²) in [7, 11) is 1.74. The van der Waals surface area contributed by atoms with Crippen LogP contribution in [0.15, 0.2) is 30.3 Å². The summed E-state index contributed by atoms with van der Waals surface area (Å²) < 4.78 is 1.57. The number of aromatic nitrogens is 2. The molecule has 132 valence electrons. The van der Waals surface area contributed by atoms with Crippen molar-refractivity contribution in [3.05, 3.63) is 47.2 Å². The Hall–Kier alpha value is -2.63. The Morgan fingerprint density at radius 2 is 2.00 bits per heavy atom. The summed E-state index contributed by atoms with van der Waals surface area (Å²) in [5.41, 5.74) is 3.62. The van der Waals surface area contributed by atoms with E-state index in [1.54, 1.807) is 17.8 Å². The van der Waals surface area contributed by atoms with E-state index in [0.717, 1.165) is 31.4 Å². The minimum atomic E-state index is -0.651. The molecule has 6 nitrogen and oxygen atoms in total. The second kappa shape index (κ2) is 7.51. The van der Waals surface area contributed by atoms with Gasteiger partial charge in [0.25, 0.3) is 0 Å². The van der Waals surface area contributed by atoms with Crippen molar-refractivity contribution in [3.63, 3.8) is 0 Å². The SMILES string of the molecule is CCc1cc(NC(=O)C(=O)NC[C@@H]2CCc3ccccc3C2)n(C)n1. The molecule has 1 aliphatic carbocycles. The lowest BCUT2D eigenvalue weighted by Gasteiger charge is -2.24. The number of hydrogen-bond donors (Lipinski definition) is 2. The molecule has 0 saturated heterocycles. The number of fused-ring (bicyclic) bond motifs is 1. The molecule has 0 radical (unpaired) electrons. The molecule has 1 aromatic heterocycles. The molecule has 3 rings (SSSR count). The number of benzene rings is 1. The van der Waals surface area contributed by atoms with Gasteiger partial charge in [-0.25, -0.2) is 0 Å². The Labute approximate surface area is 147 Å². The van der Waals surface area contributed by atoms with Crippen molar-refractivity contribution in [3.8, 4) is 0 Å². The van der Waals surface area contributed by atoms with Gasteiger partial charge in [-0.3, -0.25) is 14.3 Å². The molecule has 2 aromatic rings. The zero-order valence-electron chi connectivity index (χ0n) is 14.7. The van der Waals surface area contributed by atoms with Gasteiger partial charge in [0, 0.05) is 19.7 Å². The number of rotatable bonds is 4. The monoisotopic (exact) mass is 340 g/mol. The highest BCUT2D eigenvalue weighted by Crippen LogP contribution is 2.24. The fourth-order valence-corrected chi connectivity index (χ4v) is 3.25. The maximum absolute atomic E-state index is 12.1. The Morgan fingerprint density at radius 1 is 1.24 bits per heavy atom. The number of carbonyl (C=O) groups excluding carboxylic acids is 2. The lowest BCUT2D eigenvalue weighted by molar-refractivity contribution is -0.136. The predicted octanol–water partition coefficient (Wildman–Crippen LogP) is 1.84. The van der Waals surface area contributed by atoms with E-state index in [1.807, 2.05) is 13.0 Å². The summed E-state index contributed by atoms with van der Waals surface area (Å²) in [6, 6.07) is 10.2. The lowest BCUT2D eigenvalue weighted by atomic mass is 9.84. The van der Waals surface area contributed by atoms with Crippen LogP contribution in [-0.2, 0) is 35.9 Å². The normalized spacial score (nSPS) is 16.2. The van der Waals surface area contributed by atoms with Crippen LogP contribution in [0, 0.1) is 5.92 Å². The third-order valence-corrected chi connectivity index (χ3v) is 4.74. The van der Waals surface area contributed by atoms with Crippen LogP contribution in [0.4, 0.5) is 5.82 Å². The average Bonchev–Trinajstić information content (AvgIpc) is 2.99. The summed E-state index contributed by atoms with van der Waals surface area (Å²) in [5.74, 6) is -0.349. The van der Waals surface area contributed by atoms with Crippen LogP contribution in [0.25, 0.3) is 0 Å². The molecule has 25 heavy (non-hydrogen) atoms. The van der Waals surface area contributed by atoms with Crippen molar-refractivity contribution in [2.24, 2.45) is 13.0 Å². The Bertz CT molecular complexity index is 781. The maximum atomic E-state index is 12.1. The molecule has 0 fully saturated rings. The van der Waals surface area contributed by atoms with Crippen LogP contribution < -0.4 is 10.6 Å². The van der Waals surface area contributed by atoms with Gasteiger partial charge in [0.2, 0.25) is 0 Å². The van der Waals surface area contributed by atoms with E-state index in [-0.39, 0.29) is 0 Å². The van der Waals surface area contributed by atoms with Crippen molar-refractivity contribution in [2.75, 3.05) is 11.9 Å². The number of nitrogens with zero attached hydrogens (tertiary/aromatic N) is 2. The van der Waals surface area contributed by atoms with Crippen LogP contribution in [0.5, 0.6) is 0 Å². The third-order valence-electron chi connectivity index (χ3n) is 4.74. The summed E-state index contributed by atoms with van der Waals surface area (Å²) >= 11 is 0. The molecular formula is C19H24N4O2. The minimum Gasteiger partial charge on any atom is -0.348 e. The summed E-state index contributed by atoms with van der Waals surface area (Å²) in [4.78, 5) is 24.1. The first-order valence-corrected chi connectivity index (χ1v) is 8.75. The zero-order valence-corrected chi connectivity index (χ0v) is 14.7. The van der Waals surface area contributed by atoms with E-state index in [4.69, 9.17) is 0 Å². The van der Waals surface area contributed by atoms with E-state index in [9.17, 15) is 9.59 Å². The number of hydrogen-bond acceptors (Lipinski definition) is 3. The maximum Gasteiger partial charge on any atom is 0.314 e. The van der Waals surface area contributed by atoms with Gasteiger partial charge >= 0.3 is 11.8 Å². The molecule has 2 amide bonds. The van der Waals surface area contributed by atoms with Gasteiger partial charge in [0.05, 0.1) is 5.69 Å². The fraction of sp³-hybridized carbons (Fsp3) is 0.421. The molecule has 0 spiro atoms. The van der Waals surface area contributed by atoms with Gasteiger partial charge < -0.3 is 10.6 Å². The zero-order chi connectivity index (χ0) is 17.8. The highest BCUT2D eigenvalue weighted by Gasteiger charge is 2.21. The van der Waals surface area contributed by atoms with Gasteiger partial charge in [0.1, 0.15) is 5.82 Å². The number of amides is 2. The second-order valence-electron chi connectivity index (χ2n) is 6.54. The molecule has 0 unspecified atom stereocenters. The molecule has 2 N–H and O–H groups in total. The van der Waals surface area contributed by atoms with Gasteiger partial charge in [-0.15, -0.1) is 0 Å². The molecular weight excluding hydrogens is 316 g/mol. The minimum absolute atomic E-state index is 0.370. The molecule has 1 aliphatic rings. The van der Waals surface area contributed by atoms with Crippen LogP contribution in [0.2, 0.25) is 0 Å². The van der Waals surface area contributed by atoms with E-state index in [2.05, 4.69) is 33.9 Å². The highest BCUT2D eigenvalue weighted by molar-refractivity contribution is 6.39. The third kappa shape index (κ3) is 4.07. The van der Waals surface area contributed by atoms with Gasteiger partial charge in [-0.05, 0) is 42.7 Å². The van der Waals surface area contributed by atoms with Crippen LogP contribution >= 0.6 is 0 Å². The fourth-order valence-electron chi connectivity index (χ4n) is 3.25. The molecule has 6 heteroatoms. The quantitative estimate of drug-likeness (QED) is 0.834. The van der Waals surface area contributed by atoms with E-state index >= 15 is 0 Å². The van der Waals surface area contributed by atoms with Gasteiger partial charge in [-0.1, -0.05) is 31.2 Å². The smallest absolute Gasteiger partial charge is 0.314 e. The van der Waals surface area contributed by atoms with Crippen LogP contribution in [-0.4, -0.2) is 28.1 Å². The topological polar surface area (TPSA) is 76.0 Å². The first kappa shape index (κ1) is 17.2. The molecule has 1 atom stereocenters. The van der Waals surface area contributed by atoms with Crippen molar-refractivity contribution in [2.45, 2.75) is 32.6 Å². The molecule has 0 aliphatic heterocycles. The molecule has 1 aromatic carbocycles. The standard InChI is InChI=1S/C19H24N4O2/c1-3-16-11-17(23(2)22-16)21-19(25)18(24)20-12-13-8-9-14-6-4-5-7-15(14)10-13/h4-7,11,13H,3,8-10,12H2,1-2H3,(H,20,24)(H,21,25)/t13-/m1/s1. The highest BCUT2D eigenvalue weighted by atomic mass is 16.2. The summed E-state index contributed by atoms with van der Waals surface area (Å²) in [6.45, 7) is 2.51. The number of aryl methyl sites for hydroxylation is 3. The van der Waals surface area contributed by atoms with Crippen LogP contribution in [0.1, 0.15) is 30.2 Å². The van der Waals surface area contributed by atoms with E-state index in [1.165, 1.54) is 11.1 Å². The van der Waals surface area contributed by atoms with Crippen molar-refractivity contribution in [1.29, 1.82) is 0 Å². The first-order chi connectivity index (χ1) is 12.1. The molecule has 1 heterocycles. The van der Waals surface area contributed by atoms with E-state index < -0.39 is 11.8 Å². The molecule has 0 saturated carbocycles. The molecule has 0 bridgehead atoms. The Balaban J connectivity index is 1.51. The van der Waals surface area contributed by atoms with Crippen molar-refractivity contribution < 1.29 is 9.59 Å². The second-order valence-corrected chi connectivity index (χ2v) is 6.54. The van der Waals surface area contributed by atoms with Gasteiger partial charge in [-0.2, -0.15) is 5.10 Å². The van der Waals surface area contributed by atoms with Gasteiger partial charge in [0.15, 0.2) is 0 Å². The Kier molecular flexibility index (Phi) is 5.16. The number of carbonyl (C=O) groups is 2. The largest absolute Gasteiger partial charge is 0.348 e. The van der Waals surface area contributed by atoms with E-state index in [0.29, 0.717) is 18.3 Å². The number of nitrogens with one attached hydrogen (secondary N) is 2. The average molecular weight is 340 g/mol.